The van der Waals surface area contributed by atoms with Crippen LogP contribution in [0, 0.1) is 0 Å². The van der Waals surface area contributed by atoms with Crippen molar-refractivity contribution in [1.82, 2.24) is 0 Å². The number of aliphatic hydroxyl groups excluding tert-OH is 1. The smallest absolute Gasteiger partial charge is 0.417 e. The minimum absolute atomic E-state index is 0.225. The SMILES string of the molecule is CC(N)c1ccc(Br)cc1OCC(O)C(F)(F)F. The zero-order valence-corrected chi connectivity index (χ0v) is 11.1. The summed E-state index contributed by atoms with van der Waals surface area (Å²) in [5, 5.41) is 8.85. The molecule has 0 aliphatic heterocycles. The van der Waals surface area contributed by atoms with Gasteiger partial charge in [0.05, 0.1) is 0 Å². The number of nitrogens with two attached hydrogens (primary N) is 1. The Bertz CT molecular complexity index is 410. The van der Waals surface area contributed by atoms with Gasteiger partial charge in [-0.05, 0) is 19.1 Å². The van der Waals surface area contributed by atoms with Gasteiger partial charge in [-0.1, -0.05) is 22.0 Å². The summed E-state index contributed by atoms with van der Waals surface area (Å²) >= 11 is 3.19. The summed E-state index contributed by atoms with van der Waals surface area (Å²) in [6.07, 6.45) is -7.21. The summed E-state index contributed by atoms with van der Waals surface area (Å²) in [4.78, 5) is 0. The maximum atomic E-state index is 12.1. The van der Waals surface area contributed by atoms with Gasteiger partial charge in [0, 0.05) is 16.1 Å². The van der Waals surface area contributed by atoms with Crippen molar-refractivity contribution in [3.63, 3.8) is 0 Å². The first-order valence-electron chi connectivity index (χ1n) is 5.14. The van der Waals surface area contributed by atoms with Gasteiger partial charge < -0.3 is 15.6 Å². The molecule has 0 aliphatic rings. The molecule has 7 heteroatoms. The lowest BCUT2D eigenvalue weighted by molar-refractivity contribution is -0.210. The van der Waals surface area contributed by atoms with Gasteiger partial charge >= 0.3 is 6.18 Å². The predicted octanol–water partition coefficient (Wildman–Crippen LogP) is 2.77. The number of ether oxygens (including phenoxy) is 1. The highest BCUT2D eigenvalue weighted by Crippen LogP contribution is 2.29. The van der Waals surface area contributed by atoms with E-state index in [-0.39, 0.29) is 11.8 Å². The molecule has 0 spiro atoms. The van der Waals surface area contributed by atoms with E-state index in [1.165, 1.54) is 6.07 Å². The van der Waals surface area contributed by atoms with Crippen LogP contribution in [0.2, 0.25) is 0 Å². The van der Waals surface area contributed by atoms with Crippen molar-refractivity contribution in [3.8, 4) is 5.75 Å². The van der Waals surface area contributed by atoms with Crippen molar-refractivity contribution in [2.45, 2.75) is 25.2 Å². The standard InChI is InChI=1S/C11H13BrF3NO2/c1-6(16)8-3-2-7(12)4-9(8)18-5-10(17)11(13,14)15/h2-4,6,10,17H,5,16H2,1H3. The summed E-state index contributed by atoms with van der Waals surface area (Å²) in [7, 11) is 0. The average molecular weight is 328 g/mol. The molecule has 3 N–H and O–H groups in total. The van der Waals surface area contributed by atoms with Gasteiger partial charge in [0.1, 0.15) is 12.4 Å². The third-order valence-electron chi connectivity index (χ3n) is 2.24. The Labute approximate surface area is 111 Å². The molecular weight excluding hydrogens is 315 g/mol. The fourth-order valence-electron chi connectivity index (χ4n) is 1.27. The van der Waals surface area contributed by atoms with Gasteiger partial charge in [0.25, 0.3) is 0 Å². The zero-order valence-electron chi connectivity index (χ0n) is 9.54. The van der Waals surface area contributed by atoms with Crippen molar-refractivity contribution in [3.05, 3.63) is 28.2 Å². The first-order valence-corrected chi connectivity index (χ1v) is 5.93. The van der Waals surface area contributed by atoms with Gasteiger partial charge in [-0.2, -0.15) is 13.2 Å². The zero-order chi connectivity index (χ0) is 13.9. The summed E-state index contributed by atoms with van der Waals surface area (Å²) in [6.45, 7) is 0.829. The molecule has 0 saturated heterocycles. The predicted molar refractivity (Wildman–Crippen MR) is 64.3 cm³/mol. The molecule has 0 amide bonds. The van der Waals surface area contributed by atoms with Gasteiger partial charge in [-0.15, -0.1) is 0 Å². The van der Waals surface area contributed by atoms with Crippen LogP contribution in [-0.2, 0) is 0 Å². The van der Waals surface area contributed by atoms with E-state index in [1.807, 2.05) is 0 Å². The molecule has 0 heterocycles. The lowest BCUT2D eigenvalue weighted by Gasteiger charge is -2.18. The van der Waals surface area contributed by atoms with Crippen LogP contribution in [-0.4, -0.2) is 24.0 Å². The van der Waals surface area contributed by atoms with Gasteiger partial charge in [0.15, 0.2) is 6.10 Å². The molecule has 2 atom stereocenters. The molecule has 0 radical (unpaired) electrons. The highest BCUT2D eigenvalue weighted by molar-refractivity contribution is 9.10. The maximum Gasteiger partial charge on any atom is 0.417 e. The average Bonchev–Trinajstić information content (AvgIpc) is 2.24. The third kappa shape index (κ3) is 4.15. The normalized spacial score (nSPS) is 15.3. The van der Waals surface area contributed by atoms with Gasteiger partial charge in [-0.3, -0.25) is 0 Å². The van der Waals surface area contributed by atoms with E-state index < -0.39 is 18.9 Å². The molecule has 3 nitrogen and oxygen atoms in total. The van der Waals surface area contributed by atoms with Crippen LogP contribution >= 0.6 is 15.9 Å². The van der Waals surface area contributed by atoms with Crippen molar-refractivity contribution in [2.24, 2.45) is 5.73 Å². The van der Waals surface area contributed by atoms with E-state index >= 15 is 0 Å². The van der Waals surface area contributed by atoms with Gasteiger partial charge in [0.2, 0.25) is 0 Å². The van der Waals surface area contributed by atoms with Crippen LogP contribution in [0.15, 0.2) is 22.7 Å². The first-order chi connectivity index (χ1) is 8.21. The molecule has 0 aromatic heterocycles. The Kier molecular flexibility index (Phi) is 5.01. The quantitative estimate of drug-likeness (QED) is 0.894. The number of hydrogen-bond donors (Lipinski definition) is 2. The Morgan fingerprint density at radius 1 is 1.44 bits per heavy atom. The first kappa shape index (κ1) is 15.3. The number of rotatable bonds is 4. The largest absolute Gasteiger partial charge is 0.490 e. The molecule has 102 valence electrons. The Hall–Kier alpha value is -0.790. The Balaban J connectivity index is 2.81. The monoisotopic (exact) mass is 327 g/mol. The summed E-state index contributed by atoms with van der Waals surface area (Å²) in [5.41, 5.74) is 6.25. The summed E-state index contributed by atoms with van der Waals surface area (Å²) in [6, 6.07) is 4.51. The maximum absolute atomic E-state index is 12.1. The highest BCUT2D eigenvalue weighted by Gasteiger charge is 2.38. The van der Waals surface area contributed by atoms with Crippen molar-refractivity contribution >= 4 is 15.9 Å². The summed E-state index contributed by atoms with van der Waals surface area (Å²) in [5.74, 6) is 0.225. The minimum Gasteiger partial charge on any atom is -0.490 e. The molecule has 0 fully saturated rings. The van der Waals surface area contributed by atoms with E-state index in [9.17, 15) is 13.2 Å². The molecule has 1 aromatic carbocycles. The molecule has 2 unspecified atom stereocenters. The lowest BCUT2D eigenvalue weighted by atomic mass is 10.1. The highest BCUT2D eigenvalue weighted by atomic mass is 79.9. The Morgan fingerprint density at radius 2 is 2.06 bits per heavy atom. The molecule has 1 rings (SSSR count). The molecule has 0 bridgehead atoms. The Morgan fingerprint density at radius 3 is 2.56 bits per heavy atom. The molecule has 18 heavy (non-hydrogen) atoms. The molecule has 0 saturated carbocycles. The third-order valence-corrected chi connectivity index (χ3v) is 2.73. The second-order valence-corrected chi connectivity index (χ2v) is 4.75. The number of aliphatic hydroxyl groups is 1. The topological polar surface area (TPSA) is 55.5 Å². The number of halogens is 4. The van der Waals surface area contributed by atoms with Crippen molar-refractivity contribution in [1.29, 1.82) is 0 Å². The van der Waals surface area contributed by atoms with Crippen LogP contribution in [0.4, 0.5) is 13.2 Å². The van der Waals surface area contributed by atoms with E-state index in [2.05, 4.69) is 15.9 Å². The minimum atomic E-state index is -4.69. The van der Waals surface area contributed by atoms with Crippen LogP contribution in [0.5, 0.6) is 5.75 Å². The number of hydrogen-bond acceptors (Lipinski definition) is 3. The van der Waals surface area contributed by atoms with E-state index in [1.54, 1.807) is 19.1 Å². The lowest BCUT2D eigenvalue weighted by Crippen LogP contribution is -2.34. The van der Waals surface area contributed by atoms with Crippen LogP contribution in [0.1, 0.15) is 18.5 Å². The van der Waals surface area contributed by atoms with Crippen LogP contribution in [0.3, 0.4) is 0 Å². The molecule has 0 aliphatic carbocycles. The number of benzene rings is 1. The van der Waals surface area contributed by atoms with Crippen molar-refractivity contribution in [2.75, 3.05) is 6.61 Å². The van der Waals surface area contributed by atoms with E-state index in [4.69, 9.17) is 15.6 Å². The second kappa shape index (κ2) is 5.90. The van der Waals surface area contributed by atoms with Gasteiger partial charge in [-0.25, -0.2) is 0 Å². The molecule has 1 aromatic rings. The fraction of sp³-hybridized carbons (Fsp3) is 0.455. The van der Waals surface area contributed by atoms with E-state index in [0.717, 1.165) is 0 Å². The summed E-state index contributed by atoms with van der Waals surface area (Å²) < 4.78 is 42.0. The second-order valence-electron chi connectivity index (χ2n) is 3.84. The number of alkyl halides is 3. The fourth-order valence-corrected chi connectivity index (χ4v) is 1.61. The van der Waals surface area contributed by atoms with Crippen LogP contribution < -0.4 is 10.5 Å². The van der Waals surface area contributed by atoms with Crippen molar-refractivity contribution < 1.29 is 23.0 Å². The van der Waals surface area contributed by atoms with Crippen LogP contribution in [0.25, 0.3) is 0 Å². The van der Waals surface area contributed by atoms with E-state index in [0.29, 0.717) is 10.0 Å². The molecular formula is C11H13BrF3NO2.